The molecule has 0 spiro atoms. The average molecular weight is 348 g/mol. The summed E-state index contributed by atoms with van der Waals surface area (Å²) in [7, 11) is 0. The second-order valence-electron chi connectivity index (χ2n) is 5.53. The summed E-state index contributed by atoms with van der Waals surface area (Å²) in [5, 5.41) is 8.46. The number of aliphatic carboxylic acids is 1. The Labute approximate surface area is 147 Å². The van der Waals surface area contributed by atoms with Crippen LogP contribution >= 0.6 is 0 Å². The number of carboxylic acid groups (broad SMARTS) is 1. The van der Waals surface area contributed by atoms with Crippen molar-refractivity contribution in [3.63, 3.8) is 0 Å². The van der Waals surface area contributed by atoms with E-state index in [0.717, 1.165) is 11.1 Å². The first-order valence-electron chi connectivity index (χ1n) is 8.27. The lowest BCUT2D eigenvalue weighted by molar-refractivity contribution is -0.145. The first-order valence-corrected chi connectivity index (χ1v) is 8.27. The van der Waals surface area contributed by atoms with Crippen molar-refractivity contribution in [3.8, 4) is 0 Å². The summed E-state index contributed by atoms with van der Waals surface area (Å²) in [6.45, 7) is 2.46. The second-order valence-corrected chi connectivity index (χ2v) is 5.53. The zero-order valence-electron chi connectivity index (χ0n) is 14.4. The Morgan fingerprint density at radius 1 is 1.00 bits per heavy atom. The van der Waals surface area contributed by atoms with Crippen LogP contribution in [-0.4, -0.2) is 36.2 Å². The highest BCUT2D eigenvalue weighted by atomic mass is 16.5. The van der Waals surface area contributed by atoms with Crippen LogP contribution in [0.2, 0.25) is 0 Å². The van der Waals surface area contributed by atoms with Gasteiger partial charge in [0, 0.05) is 18.9 Å². The number of benzene rings is 1. The predicted octanol–water partition coefficient (Wildman–Crippen LogP) is 3.13. The Balaban J connectivity index is 2.07. The fourth-order valence-electron chi connectivity index (χ4n) is 2.00. The van der Waals surface area contributed by atoms with Crippen LogP contribution in [0.1, 0.15) is 43.2 Å². The van der Waals surface area contributed by atoms with Crippen LogP contribution in [0.25, 0.3) is 6.08 Å². The molecular weight excluding hydrogens is 324 g/mol. The molecule has 1 aromatic rings. The van der Waals surface area contributed by atoms with Gasteiger partial charge in [0.15, 0.2) is 0 Å². The molecule has 136 valence electrons. The van der Waals surface area contributed by atoms with Crippen molar-refractivity contribution in [1.82, 2.24) is 0 Å². The van der Waals surface area contributed by atoms with E-state index in [2.05, 4.69) is 0 Å². The van der Waals surface area contributed by atoms with Gasteiger partial charge in [-0.3, -0.25) is 9.59 Å². The number of unbranched alkanes of at least 4 members (excludes halogenated alkanes) is 1. The maximum absolute atomic E-state index is 11.6. The van der Waals surface area contributed by atoms with E-state index in [1.54, 1.807) is 6.08 Å². The molecule has 0 amide bonds. The van der Waals surface area contributed by atoms with Crippen LogP contribution in [0, 0.1) is 6.92 Å². The summed E-state index contributed by atoms with van der Waals surface area (Å²) in [5.74, 6) is -1.74. The van der Waals surface area contributed by atoms with Crippen LogP contribution in [-0.2, 0) is 23.9 Å². The Morgan fingerprint density at radius 2 is 1.68 bits per heavy atom. The fraction of sp³-hybridized carbons (Fsp3) is 0.421. The van der Waals surface area contributed by atoms with Gasteiger partial charge in [-0.05, 0) is 43.4 Å². The highest BCUT2D eigenvalue weighted by Gasteiger charge is 2.05. The second kappa shape index (κ2) is 11.8. The van der Waals surface area contributed by atoms with Gasteiger partial charge in [0.1, 0.15) is 0 Å². The molecule has 25 heavy (non-hydrogen) atoms. The van der Waals surface area contributed by atoms with E-state index in [-0.39, 0.29) is 32.5 Å². The molecule has 0 bridgehead atoms. The van der Waals surface area contributed by atoms with Crippen molar-refractivity contribution < 1.29 is 29.0 Å². The minimum atomic E-state index is -0.925. The number of esters is 2. The number of hydrogen-bond acceptors (Lipinski definition) is 5. The molecule has 6 nitrogen and oxygen atoms in total. The smallest absolute Gasteiger partial charge is 0.330 e. The summed E-state index contributed by atoms with van der Waals surface area (Å²) in [6, 6.07) is 7.73. The van der Waals surface area contributed by atoms with Crippen molar-refractivity contribution in [1.29, 1.82) is 0 Å². The van der Waals surface area contributed by atoms with Gasteiger partial charge in [0.25, 0.3) is 0 Å². The minimum absolute atomic E-state index is 0.0406. The number of carbonyl (C=O) groups is 3. The lowest BCUT2D eigenvalue weighted by Crippen LogP contribution is -2.08. The summed E-state index contributed by atoms with van der Waals surface area (Å²) < 4.78 is 10.0. The number of rotatable bonds is 11. The number of aryl methyl sites for hydroxylation is 1. The van der Waals surface area contributed by atoms with Gasteiger partial charge in [-0.15, -0.1) is 0 Å². The molecule has 1 rings (SSSR count). The molecule has 0 unspecified atom stereocenters. The molecular formula is C19H24O6. The van der Waals surface area contributed by atoms with Gasteiger partial charge in [0.2, 0.25) is 0 Å². The van der Waals surface area contributed by atoms with Crippen molar-refractivity contribution in [2.45, 2.75) is 39.0 Å². The predicted molar refractivity (Wildman–Crippen MR) is 92.9 cm³/mol. The zero-order chi connectivity index (χ0) is 18.5. The van der Waals surface area contributed by atoms with E-state index >= 15 is 0 Å². The standard InChI is InChI=1S/C19H24O6/c1-15-7-2-3-8-16(15)11-12-19(23)25-14-5-4-13-24-18(22)10-6-9-17(20)21/h2-3,7-8,11-12H,4-6,9-10,13-14H2,1H3,(H,20,21). The van der Waals surface area contributed by atoms with E-state index in [0.29, 0.717) is 12.8 Å². The molecule has 0 saturated carbocycles. The molecule has 0 aliphatic carbocycles. The molecule has 0 aliphatic rings. The zero-order valence-corrected chi connectivity index (χ0v) is 14.4. The van der Waals surface area contributed by atoms with E-state index < -0.39 is 17.9 Å². The SMILES string of the molecule is Cc1ccccc1C=CC(=O)OCCCCOC(=O)CCCC(=O)O. The highest BCUT2D eigenvalue weighted by molar-refractivity contribution is 5.87. The van der Waals surface area contributed by atoms with Gasteiger partial charge < -0.3 is 14.6 Å². The van der Waals surface area contributed by atoms with E-state index in [9.17, 15) is 14.4 Å². The first kappa shape index (κ1) is 20.4. The summed E-state index contributed by atoms with van der Waals surface area (Å²) in [4.78, 5) is 33.2. The molecule has 6 heteroatoms. The van der Waals surface area contributed by atoms with Gasteiger partial charge in [0.05, 0.1) is 13.2 Å². The molecule has 0 aliphatic heterocycles. The lowest BCUT2D eigenvalue weighted by Gasteiger charge is -2.05. The van der Waals surface area contributed by atoms with Crippen molar-refractivity contribution in [3.05, 3.63) is 41.5 Å². The van der Waals surface area contributed by atoms with E-state index in [1.165, 1.54) is 6.08 Å². The number of carboxylic acids is 1. The normalized spacial score (nSPS) is 10.6. The Morgan fingerprint density at radius 3 is 2.36 bits per heavy atom. The van der Waals surface area contributed by atoms with Gasteiger partial charge in [-0.2, -0.15) is 0 Å². The van der Waals surface area contributed by atoms with Crippen molar-refractivity contribution in [2.24, 2.45) is 0 Å². The Bertz CT molecular complexity index is 606. The van der Waals surface area contributed by atoms with E-state index in [1.807, 2.05) is 31.2 Å². The van der Waals surface area contributed by atoms with E-state index in [4.69, 9.17) is 14.6 Å². The molecule has 0 radical (unpaired) electrons. The summed E-state index contributed by atoms with van der Waals surface area (Å²) >= 11 is 0. The monoisotopic (exact) mass is 348 g/mol. The first-order chi connectivity index (χ1) is 12.0. The third-order valence-corrected chi connectivity index (χ3v) is 3.41. The molecule has 0 atom stereocenters. The van der Waals surface area contributed by atoms with Crippen LogP contribution in [0.4, 0.5) is 0 Å². The number of hydrogen-bond donors (Lipinski definition) is 1. The van der Waals surface area contributed by atoms with Crippen LogP contribution in [0.3, 0.4) is 0 Å². The molecule has 0 saturated heterocycles. The van der Waals surface area contributed by atoms with Crippen molar-refractivity contribution in [2.75, 3.05) is 13.2 Å². The van der Waals surface area contributed by atoms with Crippen LogP contribution in [0.5, 0.6) is 0 Å². The molecule has 0 heterocycles. The maximum Gasteiger partial charge on any atom is 0.330 e. The largest absolute Gasteiger partial charge is 0.481 e. The molecule has 0 aromatic heterocycles. The lowest BCUT2D eigenvalue weighted by atomic mass is 10.1. The fourth-order valence-corrected chi connectivity index (χ4v) is 2.00. The highest BCUT2D eigenvalue weighted by Crippen LogP contribution is 2.08. The van der Waals surface area contributed by atoms with Gasteiger partial charge in [-0.25, -0.2) is 4.79 Å². The van der Waals surface area contributed by atoms with Gasteiger partial charge in [-0.1, -0.05) is 24.3 Å². The van der Waals surface area contributed by atoms with Crippen LogP contribution < -0.4 is 0 Å². The topological polar surface area (TPSA) is 89.9 Å². The molecule has 0 fully saturated rings. The minimum Gasteiger partial charge on any atom is -0.481 e. The summed E-state index contributed by atoms with van der Waals surface area (Å²) in [6.07, 6.45) is 4.62. The molecule has 1 N–H and O–H groups in total. The number of ether oxygens (including phenoxy) is 2. The Hall–Kier alpha value is -2.63. The van der Waals surface area contributed by atoms with Crippen LogP contribution in [0.15, 0.2) is 30.3 Å². The van der Waals surface area contributed by atoms with Crippen molar-refractivity contribution >= 4 is 24.0 Å². The Kier molecular flexibility index (Phi) is 9.67. The maximum atomic E-state index is 11.6. The third-order valence-electron chi connectivity index (χ3n) is 3.41. The summed E-state index contributed by atoms with van der Waals surface area (Å²) in [5.41, 5.74) is 2.05. The van der Waals surface area contributed by atoms with Gasteiger partial charge >= 0.3 is 17.9 Å². The number of carbonyl (C=O) groups excluding carboxylic acids is 2. The third kappa shape index (κ3) is 9.96. The molecule has 1 aromatic carbocycles. The quantitative estimate of drug-likeness (QED) is 0.375. The average Bonchev–Trinajstić information content (AvgIpc) is 2.57.